The standard InChI is InChI=1S/C13H16N6O/c20-13(16-10-2-1-5-15-8-10)12-9-19(18-17-12)11-3-6-14-7-4-11/h1-2,5,8-9,11,14H,3-4,6-7H2,(H,16,20). The molecule has 2 aromatic rings. The maximum atomic E-state index is 12.0. The fourth-order valence-electron chi connectivity index (χ4n) is 2.26. The predicted molar refractivity (Wildman–Crippen MR) is 73.4 cm³/mol. The first-order valence-corrected chi connectivity index (χ1v) is 6.67. The average Bonchev–Trinajstić information content (AvgIpc) is 2.99. The average molecular weight is 272 g/mol. The molecule has 20 heavy (non-hydrogen) atoms. The number of carbonyl (C=O) groups is 1. The zero-order chi connectivity index (χ0) is 13.8. The lowest BCUT2D eigenvalue weighted by Crippen LogP contribution is -2.29. The molecule has 1 amide bonds. The first kappa shape index (κ1) is 12.7. The van der Waals surface area contributed by atoms with Crippen molar-refractivity contribution in [3.05, 3.63) is 36.4 Å². The Kier molecular flexibility index (Phi) is 3.69. The number of pyridine rings is 1. The highest BCUT2D eigenvalue weighted by Crippen LogP contribution is 2.17. The van der Waals surface area contributed by atoms with Crippen LogP contribution in [-0.2, 0) is 0 Å². The van der Waals surface area contributed by atoms with E-state index in [-0.39, 0.29) is 5.91 Å². The Bertz CT molecular complexity index is 576. The van der Waals surface area contributed by atoms with Gasteiger partial charge in [-0.15, -0.1) is 5.10 Å². The van der Waals surface area contributed by atoms with Gasteiger partial charge in [-0.25, -0.2) is 4.68 Å². The number of piperidine rings is 1. The maximum absolute atomic E-state index is 12.0. The van der Waals surface area contributed by atoms with Crippen molar-refractivity contribution in [2.75, 3.05) is 18.4 Å². The summed E-state index contributed by atoms with van der Waals surface area (Å²) in [6.07, 6.45) is 6.97. The smallest absolute Gasteiger partial charge is 0.277 e. The van der Waals surface area contributed by atoms with E-state index in [1.165, 1.54) is 0 Å². The van der Waals surface area contributed by atoms with Crippen LogP contribution in [0.3, 0.4) is 0 Å². The Morgan fingerprint density at radius 3 is 3.00 bits per heavy atom. The fourth-order valence-corrected chi connectivity index (χ4v) is 2.26. The summed E-state index contributed by atoms with van der Waals surface area (Å²) in [5, 5.41) is 14.1. The number of aromatic nitrogens is 4. The van der Waals surface area contributed by atoms with Gasteiger partial charge in [-0.2, -0.15) is 0 Å². The SMILES string of the molecule is O=C(Nc1cccnc1)c1cn(C2CCNCC2)nn1. The second kappa shape index (κ2) is 5.79. The zero-order valence-corrected chi connectivity index (χ0v) is 11.0. The summed E-state index contributed by atoms with van der Waals surface area (Å²) in [5.74, 6) is -0.266. The van der Waals surface area contributed by atoms with Crippen LogP contribution in [0.25, 0.3) is 0 Å². The molecule has 0 aromatic carbocycles. The van der Waals surface area contributed by atoms with E-state index in [1.807, 2.05) is 0 Å². The van der Waals surface area contributed by atoms with Gasteiger partial charge in [0.1, 0.15) is 0 Å². The Morgan fingerprint density at radius 2 is 2.25 bits per heavy atom. The predicted octanol–water partition coefficient (Wildman–Crippen LogP) is 0.850. The largest absolute Gasteiger partial charge is 0.319 e. The first-order chi connectivity index (χ1) is 9.83. The van der Waals surface area contributed by atoms with Crippen molar-refractivity contribution in [2.24, 2.45) is 0 Å². The van der Waals surface area contributed by atoms with Gasteiger partial charge in [0.05, 0.1) is 24.1 Å². The van der Waals surface area contributed by atoms with Crippen LogP contribution in [0, 0.1) is 0 Å². The van der Waals surface area contributed by atoms with Crippen molar-refractivity contribution in [3.63, 3.8) is 0 Å². The molecule has 1 fully saturated rings. The lowest BCUT2D eigenvalue weighted by molar-refractivity contribution is 0.102. The minimum atomic E-state index is -0.266. The Labute approximate surface area is 116 Å². The summed E-state index contributed by atoms with van der Waals surface area (Å²) in [4.78, 5) is 16.0. The minimum absolute atomic E-state index is 0.266. The van der Waals surface area contributed by atoms with Crippen LogP contribution in [0.5, 0.6) is 0 Å². The summed E-state index contributed by atoms with van der Waals surface area (Å²) in [7, 11) is 0. The minimum Gasteiger partial charge on any atom is -0.319 e. The highest BCUT2D eigenvalue weighted by atomic mass is 16.2. The van der Waals surface area contributed by atoms with Crippen molar-refractivity contribution in [2.45, 2.75) is 18.9 Å². The zero-order valence-electron chi connectivity index (χ0n) is 11.0. The molecule has 2 aromatic heterocycles. The molecule has 2 N–H and O–H groups in total. The summed E-state index contributed by atoms with van der Waals surface area (Å²) in [6, 6.07) is 3.87. The van der Waals surface area contributed by atoms with E-state index in [0.29, 0.717) is 17.4 Å². The van der Waals surface area contributed by atoms with Gasteiger partial charge in [0.2, 0.25) is 0 Å². The van der Waals surface area contributed by atoms with Crippen molar-refractivity contribution in [1.29, 1.82) is 0 Å². The van der Waals surface area contributed by atoms with Crippen LogP contribution in [-0.4, -0.2) is 39.0 Å². The second-order valence-corrected chi connectivity index (χ2v) is 4.76. The molecular weight excluding hydrogens is 256 g/mol. The number of carbonyl (C=O) groups excluding carboxylic acids is 1. The molecule has 1 aliphatic heterocycles. The van der Waals surface area contributed by atoms with Crippen molar-refractivity contribution in [1.82, 2.24) is 25.3 Å². The number of hydrogen-bond donors (Lipinski definition) is 2. The van der Waals surface area contributed by atoms with Gasteiger partial charge in [0.15, 0.2) is 5.69 Å². The molecule has 1 saturated heterocycles. The topological polar surface area (TPSA) is 84.7 Å². The number of rotatable bonds is 3. The highest BCUT2D eigenvalue weighted by molar-refractivity contribution is 6.02. The summed E-state index contributed by atoms with van der Waals surface area (Å²) in [6.45, 7) is 1.95. The molecule has 7 heteroatoms. The molecule has 0 bridgehead atoms. The van der Waals surface area contributed by atoms with Crippen molar-refractivity contribution < 1.29 is 4.79 Å². The van der Waals surface area contributed by atoms with E-state index >= 15 is 0 Å². The normalized spacial score (nSPS) is 16.0. The van der Waals surface area contributed by atoms with Crippen LogP contribution in [0.4, 0.5) is 5.69 Å². The summed E-state index contributed by atoms with van der Waals surface area (Å²) >= 11 is 0. The van der Waals surface area contributed by atoms with Gasteiger partial charge in [0.25, 0.3) is 5.91 Å². The number of hydrogen-bond acceptors (Lipinski definition) is 5. The van der Waals surface area contributed by atoms with Gasteiger partial charge in [-0.1, -0.05) is 5.21 Å². The van der Waals surface area contributed by atoms with E-state index in [0.717, 1.165) is 25.9 Å². The molecule has 0 saturated carbocycles. The van der Waals surface area contributed by atoms with Crippen LogP contribution in [0.2, 0.25) is 0 Å². The molecule has 7 nitrogen and oxygen atoms in total. The maximum Gasteiger partial charge on any atom is 0.277 e. The molecule has 0 spiro atoms. The van der Waals surface area contributed by atoms with Gasteiger partial charge >= 0.3 is 0 Å². The van der Waals surface area contributed by atoms with Crippen molar-refractivity contribution >= 4 is 11.6 Å². The number of amides is 1. The molecule has 0 atom stereocenters. The van der Waals surface area contributed by atoms with Crippen molar-refractivity contribution in [3.8, 4) is 0 Å². The van der Waals surface area contributed by atoms with E-state index in [2.05, 4.69) is 25.9 Å². The van der Waals surface area contributed by atoms with E-state index in [1.54, 1.807) is 35.4 Å². The lowest BCUT2D eigenvalue weighted by Gasteiger charge is -2.22. The monoisotopic (exact) mass is 272 g/mol. The fraction of sp³-hybridized carbons (Fsp3) is 0.385. The number of nitrogens with one attached hydrogen (secondary N) is 2. The van der Waals surface area contributed by atoms with Gasteiger partial charge < -0.3 is 10.6 Å². The third-order valence-electron chi connectivity index (χ3n) is 3.35. The number of nitrogens with zero attached hydrogens (tertiary/aromatic N) is 4. The quantitative estimate of drug-likeness (QED) is 0.865. The van der Waals surface area contributed by atoms with Crippen LogP contribution >= 0.6 is 0 Å². The molecule has 0 radical (unpaired) electrons. The van der Waals surface area contributed by atoms with Crippen LogP contribution in [0.1, 0.15) is 29.4 Å². The lowest BCUT2D eigenvalue weighted by atomic mass is 10.1. The molecule has 3 heterocycles. The van der Waals surface area contributed by atoms with Crippen LogP contribution in [0.15, 0.2) is 30.7 Å². The second-order valence-electron chi connectivity index (χ2n) is 4.76. The molecule has 0 unspecified atom stereocenters. The summed E-state index contributed by atoms with van der Waals surface area (Å²) in [5.41, 5.74) is 0.973. The Morgan fingerprint density at radius 1 is 1.40 bits per heavy atom. The summed E-state index contributed by atoms with van der Waals surface area (Å²) < 4.78 is 1.79. The third-order valence-corrected chi connectivity index (χ3v) is 3.35. The van der Waals surface area contributed by atoms with Gasteiger partial charge in [-0.3, -0.25) is 9.78 Å². The molecule has 0 aliphatic carbocycles. The molecule has 3 rings (SSSR count). The van der Waals surface area contributed by atoms with E-state index in [9.17, 15) is 4.79 Å². The Balaban J connectivity index is 1.68. The Hall–Kier alpha value is -2.28. The first-order valence-electron chi connectivity index (χ1n) is 6.67. The number of anilines is 1. The van der Waals surface area contributed by atoms with Crippen LogP contribution < -0.4 is 10.6 Å². The van der Waals surface area contributed by atoms with Gasteiger partial charge in [0, 0.05) is 6.20 Å². The highest BCUT2D eigenvalue weighted by Gasteiger charge is 2.18. The molecule has 1 aliphatic rings. The molecule has 104 valence electrons. The molecular formula is C13H16N6O. The van der Waals surface area contributed by atoms with E-state index < -0.39 is 0 Å². The van der Waals surface area contributed by atoms with Gasteiger partial charge in [-0.05, 0) is 38.1 Å². The third kappa shape index (κ3) is 2.83. The van der Waals surface area contributed by atoms with E-state index in [4.69, 9.17) is 0 Å².